The molecule has 2 aliphatic heterocycles. The van der Waals surface area contributed by atoms with Gasteiger partial charge >= 0.3 is 0 Å². The molecule has 0 aromatic carbocycles. The van der Waals surface area contributed by atoms with Gasteiger partial charge in [0.25, 0.3) is 0 Å². The third kappa shape index (κ3) is 2.68. The summed E-state index contributed by atoms with van der Waals surface area (Å²) in [4.78, 5) is 0. The lowest BCUT2D eigenvalue weighted by molar-refractivity contribution is -0.303. The minimum Gasteiger partial charge on any atom is -0.394 e. The lowest BCUT2D eigenvalue weighted by Crippen LogP contribution is -2.59. The molecule has 8 atom stereocenters. The molecule has 0 aromatic heterocycles. The van der Waals surface area contributed by atoms with Gasteiger partial charge in [-0.05, 0) is 12.8 Å². The predicted octanol–water partition coefficient (Wildman–Crippen LogP) is -2.90. The van der Waals surface area contributed by atoms with E-state index in [-0.39, 0.29) is 18.9 Å². The molecule has 3 rings (SSSR count). The monoisotopic (exact) mass is 350 g/mol. The summed E-state index contributed by atoms with van der Waals surface area (Å²) in [5.74, 6) is -0.102. The zero-order valence-electron chi connectivity index (χ0n) is 13.3. The van der Waals surface area contributed by atoms with E-state index in [0.717, 1.165) is 6.42 Å². The molecular weight excluding hydrogens is 324 g/mol. The van der Waals surface area contributed by atoms with Gasteiger partial charge in [-0.15, -0.1) is 0 Å². The summed E-state index contributed by atoms with van der Waals surface area (Å²) in [6, 6.07) is 0. The predicted molar refractivity (Wildman–Crippen MR) is 77.8 cm³/mol. The van der Waals surface area contributed by atoms with Crippen molar-refractivity contribution in [2.24, 2.45) is 5.92 Å². The van der Waals surface area contributed by atoms with E-state index in [9.17, 15) is 25.5 Å². The van der Waals surface area contributed by atoms with Crippen LogP contribution >= 0.6 is 0 Å². The molecule has 0 aromatic rings. The molecule has 0 radical (unpaired) electrons. The summed E-state index contributed by atoms with van der Waals surface area (Å²) < 4.78 is 16.4. The average molecular weight is 350 g/mol. The smallest absolute Gasteiger partial charge is 0.186 e. The van der Waals surface area contributed by atoms with Crippen molar-refractivity contribution in [1.82, 2.24) is 0 Å². The highest BCUT2D eigenvalue weighted by Gasteiger charge is 2.64. The van der Waals surface area contributed by atoms with Crippen molar-refractivity contribution in [1.29, 1.82) is 0 Å². The van der Waals surface area contributed by atoms with E-state index >= 15 is 0 Å². The maximum Gasteiger partial charge on any atom is 0.186 e. The molecule has 2 heterocycles. The van der Waals surface area contributed by atoms with Crippen LogP contribution in [-0.4, -0.2) is 99.0 Å². The molecule has 0 spiro atoms. The third-order valence-corrected chi connectivity index (χ3v) is 5.80. The van der Waals surface area contributed by atoms with Gasteiger partial charge in [-0.2, -0.15) is 0 Å². The van der Waals surface area contributed by atoms with Crippen molar-refractivity contribution in [3.05, 3.63) is 0 Å². The van der Waals surface area contributed by atoms with Crippen LogP contribution in [0.3, 0.4) is 0 Å². The second-order valence-corrected chi connectivity index (χ2v) is 6.94. The van der Waals surface area contributed by atoms with Crippen LogP contribution in [0.2, 0.25) is 0 Å². The van der Waals surface area contributed by atoms with Crippen LogP contribution in [0.1, 0.15) is 19.3 Å². The van der Waals surface area contributed by atoms with Crippen molar-refractivity contribution < 1.29 is 44.8 Å². The van der Waals surface area contributed by atoms with Crippen molar-refractivity contribution in [3.8, 4) is 0 Å². The first kappa shape index (κ1) is 18.4. The molecule has 6 N–H and O–H groups in total. The van der Waals surface area contributed by atoms with Crippen LogP contribution in [0.25, 0.3) is 0 Å². The minimum absolute atomic E-state index is 0.0533. The van der Waals surface area contributed by atoms with E-state index in [1.807, 2.05) is 0 Å². The van der Waals surface area contributed by atoms with Gasteiger partial charge in [0.15, 0.2) is 6.29 Å². The average Bonchev–Trinajstić information content (AvgIpc) is 3.02. The Hall–Kier alpha value is -0.360. The third-order valence-electron chi connectivity index (χ3n) is 5.80. The number of aliphatic hydroxyl groups is 6. The maximum atomic E-state index is 10.7. The molecule has 2 bridgehead atoms. The van der Waals surface area contributed by atoms with Gasteiger partial charge < -0.3 is 44.8 Å². The Labute approximate surface area is 139 Å². The van der Waals surface area contributed by atoms with Gasteiger partial charge in [-0.1, -0.05) is 0 Å². The molecule has 9 nitrogen and oxygen atoms in total. The van der Waals surface area contributed by atoms with Crippen LogP contribution in [0.4, 0.5) is 0 Å². The molecule has 1 aliphatic carbocycles. The number of aliphatic hydroxyl groups excluding tert-OH is 5. The maximum absolute atomic E-state index is 10.7. The van der Waals surface area contributed by atoms with Gasteiger partial charge in [0.05, 0.1) is 26.4 Å². The SMILES string of the molecule is OC[C@H]1O[C@@H](OCC[C@]23CC[C@H](CO2)[C@@]3(O)CO)[C@H](O)[C@@H](O)[C@@H]1O. The summed E-state index contributed by atoms with van der Waals surface area (Å²) in [6.07, 6.45) is -4.97. The Balaban J connectivity index is 1.58. The first-order valence-corrected chi connectivity index (χ1v) is 8.28. The minimum atomic E-state index is -1.49. The lowest BCUT2D eigenvalue weighted by Gasteiger charge is -2.40. The van der Waals surface area contributed by atoms with E-state index in [1.165, 1.54) is 0 Å². The number of rotatable bonds is 6. The summed E-state index contributed by atoms with van der Waals surface area (Å²) in [5, 5.41) is 58.8. The Bertz CT molecular complexity index is 437. The fraction of sp³-hybridized carbons (Fsp3) is 1.00. The second-order valence-electron chi connectivity index (χ2n) is 6.94. The van der Waals surface area contributed by atoms with E-state index in [4.69, 9.17) is 19.3 Å². The van der Waals surface area contributed by atoms with Crippen LogP contribution in [0, 0.1) is 5.92 Å². The summed E-state index contributed by atoms with van der Waals surface area (Å²) in [7, 11) is 0. The van der Waals surface area contributed by atoms with E-state index < -0.39 is 55.1 Å². The zero-order chi connectivity index (χ0) is 17.5. The standard InChI is InChI=1S/C15H26O9/c16-5-9-10(18)11(19)12(20)13(24-9)22-4-3-14-2-1-8(6-23-14)15(14,21)7-17/h8-13,16-21H,1-7H2/t8-,9-,10-,11+,12-,13-,14+,15+/m1/s1. The first-order chi connectivity index (χ1) is 11.4. The highest BCUT2D eigenvalue weighted by Crippen LogP contribution is 2.53. The number of hydrogen-bond acceptors (Lipinski definition) is 9. The van der Waals surface area contributed by atoms with E-state index in [2.05, 4.69) is 0 Å². The van der Waals surface area contributed by atoms with E-state index in [1.54, 1.807) is 0 Å². The molecule has 24 heavy (non-hydrogen) atoms. The Kier molecular flexibility index (Phi) is 5.18. The summed E-state index contributed by atoms with van der Waals surface area (Å²) >= 11 is 0. The normalized spacial score (nSPS) is 51.2. The van der Waals surface area contributed by atoms with Gasteiger partial charge in [-0.3, -0.25) is 0 Å². The van der Waals surface area contributed by atoms with Crippen molar-refractivity contribution in [3.63, 3.8) is 0 Å². The fourth-order valence-corrected chi connectivity index (χ4v) is 4.14. The number of hydrogen-bond donors (Lipinski definition) is 6. The Morgan fingerprint density at radius 3 is 2.42 bits per heavy atom. The van der Waals surface area contributed by atoms with Gasteiger partial charge in [0.2, 0.25) is 0 Å². The molecule has 0 unspecified atom stereocenters. The fourth-order valence-electron chi connectivity index (χ4n) is 4.14. The lowest BCUT2D eigenvalue weighted by atomic mass is 9.82. The quantitative estimate of drug-likeness (QED) is 0.296. The van der Waals surface area contributed by atoms with Crippen LogP contribution in [0.15, 0.2) is 0 Å². The summed E-state index contributed by atoms with van der Waals surface area (Å²) in [5.41, 5.74) is -2.19. The van der Waals surface area contributed by atoms with Crippen LogP contribution in [0.5, 0.6) is 0 Å². The van der Waals surface area contributed by atoms with Gasteiger partial charge in [-0.25, -0.2) is 0 Å². The van der Waals surface area contributed by atoms with Gasteiger partial charge in [0.1, 0.15) is 35.6 Å². The van der Waals surface area contributed by atoms with Crippen molar-refractivity contribution in [2.75, 3.05) is 26.4 Å². The molecule has 2 saturated heterocycles. The van der Waals surface area contributed by atoms with Crippen LogP contribution < -0.4 is 0 Å². The van der Waals surface area contributed by atoms with Crippen LogP contribution in [-0.2, 0) is 14.2 Å². The number of ether oxygens (including phenoxy) is 3. The Morgan fingerprint density at radius 1 is 1.08 bits per heavy atom. The Morgan fingerprint density at radius 2 is 1.83 bits per heavy atom. The zero-order valence-corrected chi connectivity index (χ0v) is 13.3. The highest BCUT2D eigenvalue weighted by molar-refractivity contribution is 5.14. The molecule has 0 amide bonds. The first-order valence-electron chi connectivity index (χ1n) is 8.28. The molecule has 3 fully saturated rings. The molecule has 140 valence electrons. The van der Waals surface area contributed by atoms with Crippen molar-refractivity contribution in [2.45, 2.75) is 61.2 Å². The molecular formula is C15H26O9. The largest absolute Gasteiger partial charge is 0.394 e. The molecule has 1 saturated carbocycles. The number of fused-ring (bicyclic) bond motifs is 2. The molecule has 3 aliphatic rings. The summed E-state index contributed by atoms with van der Waals surface area (Å²) in [6.45, 7) is -0.476. The molecule has 9 heteroatoms. The topological polar surface area (TPSA) is 149 Å². The highest BCUT2D eigenvalue weighted by atomic mass is 16.7. The second kappa shape index (κ2) is 6.75. The van der Waals surface area contributed by atoms with Gasteiger partial charge in [0, 0.05) is 12.3 Å². The van der Waals surface area contributed by atoms with E-state index in [0.29, 0.717) is 13.0 Å². The van der Waals surface area contributed by atoms with Crippen molar-refractivity contribution >= 4 is 0 Å².